The predicted molar refractivity (Wildman–Crippen MR) is 97.4 cm³/mol. The minimum atomic E-state index is -0.433. The third-order valence-corrected chi connectivity index (χ3v) is 4.58. The van der Waals surface area contributed by atoms with E-state index in [1.807, 2.05) is 41.6 Å². The fraction of sp³-hybridized carbons (Fsp3) is 0.111. The van der Waals surface area contributed by atoms with Crippen molar-refractivity contribution in [3.8, 4) is 17.3 Å². The number of allylic oxidation sites excluding steroid dienone is 4. The van der Waals surface area contributed by atoms with Crippen LogP contribution < -0.4 is 0 Å². The van der Waals surface area contributed by atoms with Gasteiger partial charge in [0, 0.05) is 35.8 Å². The number of non-ortho nitro benzene ring substituents is 1. The lowest BCUT2D eigenvalue weighted by molar-refractivity contribution is -0.384. The number of nitrogens with zero attached hydrogens (tertiary/aromatic N) is 4. The van der Waals surface area contributed by atoms with Crippen LogP contribution in [0.25, 0.3) is 16.8 Å². The Morgan fingerprint density at radius 1 is 1.44 bits per heavy atom. The zero-order valence-corrected chi connectivity index (χ0v) is 14.2. The van der Waals surface area contributed by atoms with Crippen LogP contribution in [-0.4, -0.2) is 21.4 Å². The van der Waals surface area contributed by atoms with E-state index in [2.05, 4.69) is 11.1 Å². The largest absolute Gasteiger partial charge is 0.347 e. The summed E-state index contributed by atoms with van der Waals surface area (Å²) in [4.78, 5) is 17.0. The van der Waals surface area contributed by atoms with Crippen LogP contribution in [-0.2, 0) is 0 Å². The molecule has 1 aromatic heterocycles. The lowest BCUT2D eigenvalue weighted by Crippen LogP contribution is -2.17. The second kappa shape index (κ2) is 7.11. The predicted octanol–water partition coefficient (Wildman–Crippen LogP) is 4.36. The second-order valence-corrected chi connectivity index (χ2v) is 6.06. The summed E-state index contributed by atoms with van der Waals surface area (Å²) in [6.45, 7) is 2.75. The van der Waals surface area contributed by atoms with Gasteiger partial charge in [-0.1, -0.05) is 18.2 Å². The first-order chi connectivity index (χ1) is 12.1. The Bertz CT molecular complexity index is 950. The first kappa shape index (κ1) is 16.6. The Kier molecular flexibility index (Phi) is 4.73. The van der Waals surface area contributed by atoms with Crippen molar-refractivity contribution in [2.24, 2.45) is 0 Å². The van der Waals surface area contributed by atoms with Crippen molar-refractivity contribution >= 4 is 22.6 Å². The van der Waals surface area contributed by atoms with E-state index in [4.69, 9.17) is 0 Å². The number of nitro groups is 1. The van der Waals surface area contributed by atoms with Crippen LogP contribution in [0, 0.1) is 21.4 Å². The maximum absolute atomic E-state index is 10.9. The minimum Gasteiger partial charge on any atom is -0.347 e. The van der Waals surface area contributed by atoms with Crippen LogP contribution in [0.4, 0.5) is 5.69 Å². The fourth-order valence-electron chi connectivity index (χ4n) is 2.49. The van der Waals surface area contributed by atoms with Crippen LogP contribution in [0.3, 0.4) is 0 Å². The summed E-state index contributed by atoms with van der Waals surface area (Å²) in [5.41, 5.74) is 2.58. The van der Waals surface area contributed by atoms with Crippen molar-refractivity contribution < 1.29 is 4.92 Å². The van der Waals surface area contributed by atoms with Crippen molar-refractivity contribution in [1.29, 1.82) is 5.26 Å². The Hall–Kier alpha value is -3.24. The lowest BCUT2D eigenvalue weighted by atomic mass is 10.1. The van der Waals surface area contributed by atoms with Crippen molar-refractivity contribution in [3.05, 3.63) is 74.9 Å². The van der Waals surface area contributed by atoms with Crippen LogP contribution in [0.5, 0.6) is 0 Å². The summed E-state index contributed by atoms with van der Waals surface area (Å²) in [5, 5.41) is 23.0. The van der Waals surface area contributed by atoms with Crippen LogP contribution in [0.15, 0.2) is 59.8 Å². The summed E-state index contributed by atoms with van der Waals surface area (Å²) >= 11 is 1.35. The molecule has 0 spiro atoms. The van der Waals surface area contributed by atoms with E-state index in [1.54, 1.807) is 12.1 Å². The summed E-state index contributed by atoms with van der Waals surface area (Å²) < 4.78 is 0. The standard InChI is InChI=1S/C18H14N4O2S/c1-2-21-9-4-3-8-17(21)15(11-19)18-20-16(12-25-18)13-6-5-7-14(10-13)22(23)24/h3-10,12H,2H2,1H3. The second-order valence-electron chi connectivity index (χ2n) is 5.20. The van der Waals surface area contributed by atoms with Gasteiger partial charge in [-0.3, -0.25) is 10.1 Å². The number of thiazole rings is 1. The van der Waals surface area contributed by atoms with Crippen LogP contribution in [0.2, 0.25) is 0 Å². The van der Waals surface area contributed by atoms with Gasteiger partial charge in [0.15, 0.2) is 0 Å². The molecule has 1 aliphatic rings. The van der Waals surface area contributed by atoms with E-state index in [0.717, 1.165) is 12.2 Å². The van der Waals surface area contributed by atoms with Crippen LogP contribution >= 0.6 is 11.3 Å². The molecule has 0 N–H and O–H groups in total. The summed E-state index contributed by atoms with van der Waals surface area (Å²) in [6, 6.07) is 8.57. The molecule has 0 amide bonds. The fourth-order valence-corrected chi connectivity index (χ4v) is 3.32. The highest BCUT2D eigenvalue weighted by Gasteiger charge is 2.17. The molecule has 1 aliphatic heterocycles. The molecule has 25 heavy (non-hydrogen) atoms. The summed E-state index contributed by atoms with van der Waals surface area (Å²) in [5.74, 6) is 0. The van der Waals surface area contributed by atoms with Gasteiger partial charge in [-0.15, -0.1) is 11.3 Å². The average Bonchev–Trinajstić information content (AvgIpc) is 3.13. The van der Waals surface area contributed by atoms with Gasteiger partial charge in [-0.2, -0.15) is 5.26 Å². The average molecular weight is 350 g/mol. The number of hydrogen-bond donors (Lipinski definition) is 0. The molecule has 3 rings (SSSR count). The molecule has 7 heteroatoms. The monoisotopic (exact) mass is 350 g/mol. The smallest absolute Gasteiger partial charge is 0.270 e. The summed E-state index contributed by atoms with van der Waals surface area (Å²) in [7, 11) is 0. The molecule has 0 saturated heterocycles. The number of benzene rings is 1. The molecule has 6 nitrogen and oxygen atoms in total. The molecule has 124 valence electrons. The molecule has 2 aromatic rings. The Labute approximate surface area is 148 Å². The van der Waals surface area contributed by atoms with E-state index in [9.17, 15) is 15.4 Å². The van der Waals surface area contributed by atoms with Crippen molar-refractivity contribution in [1.82, 2.24) is 9.88 Å². The van der Waals surface area contributed by atoms with Gasteiger partial charge < -0.3 is 4.90 Å². The quantitative estimate of drug-likeness (QED) is 0.465. The highest BCUT2D eigenvalue weighted by molar-refractivity contribution is 7.11. The normalized spacial score (nSPS) is 15.1. The first-order valence-corrected chi connectivity index (χ1v) is 8.48. The Morgan fingerprint density at radius 3 is 3.00 bits per heavy atom. The molecular formula is C18H14N4O2S. The van der Waals surface area contributed by atoms with Crippen molar-refractivity contribution in [2.75, 3.05) is 6.54 Å². The maximum Gasteiger partial charge on any atom is 0.270 e. The number of rotatable bonds is 4. The highest BCUT2D eigenvalue weighted by Crippen LogP contribution is 2.31. The first-order valence-electron chi connectivity index (χ1n) is 7.60. The lowest BCUT2D eigenvalue weighted by Gasteiger charge is -2.22. The number of nitro benzene ring substituents is 1. The van der Waals surface area contributed by atoms with Crippen LogP contribution in [0.1, 0.15) is 11.9 Å². The van der Waals surface area contributed by atoms with Gasteiger partial charge in [-0.25, -0.2) is 4.98 Å². The van der Waals surface area contributed by atoms with Gasteiger partial charge >= 0.3 is 0 Å². The van der Waals surface area contributed by atoms with E-state index >= 15 is 0 Å². The number of hydrogen-bond acceptors (Lipinski definition) is 6. The van der Waals surface area contributed by atoms with Gasteiger partial charge in [-0.05, 0) is 19.1 Å². The zero-order valence-electron chi connectivity index (χ0n) is 13.4. The Morgan fingerprint density at radius 2 is 2.28 bits per heavy atom. The third-order valence-electron chi connectivity index (χ3n) is 3.72. The van der Waals surface area contributed by atoms with Gasteiger partial charge in [0.1, 0.15) is 16.6 Å². The van der Waals surface area contributed by atoms with Gasteiger partial charge in [0.05, 0.1) is 16.3 Å². The SMILES string of the molecule is CCN1C=CC=CC1=C(C#N)c1nc(-c2cccc([N+](=O)[O-])c2)cs1. The zero-order chi connectivity index (χ0) is 17.8. The topological polar surface area (TPSA) is 83.1 Å². The molecule has 0 aliphatic carbocycles. The van der Waals surface area contributed by atoms with E-state index in [-0.39, 0.29) is 5.69 Å². The van der Waals surface area contributed by atoms with E-state index in [0.29, 0.717) is 21.8 Å². The van der Waals surface area contributed by atoms with Crippen molar-refractivity contribution in [2.45, 2.75) is 6.92 Å². The molecule has 0 unspecified atom stereocenters. The number of nitriles is 1. The van der Waals surface area contributed by atoms with Gasteiger partial charge in [0.25, 0.3) is 5.69 Å². The third kappa shape index (κ3) is 3.34. The maximum atomic E-state index is 10.9. The molecule has 0 radical (unpaired) electrons. The molecular weight excluding hydrogens is 336 g/mol. The van der Waals surface area contributed by atoms with E-state index in [1.165, 1.54) is 23.5 Å². The molecule has 0 bridgehead atoms. The Balaban J connectivity index is 2.02. The molecule has 1 aromatic carbocycles. The number of likely N-dealkylation sites (N-methyl/N-ethyl adjacent to an activating group) is 1. The highest BCUT2D eigenvalue weighted by atomic mass is 32.1. The molecule has 2 heterocycles. The number of aromatic nitrogens is 1. The summed E-state index contributed by atoms with van der Waals surface area (Å²) in [6.07, 6.45) is 7.60. The molecule has 0 saturated carbocycles. The molecule has 0 fully saturated rings. The van der Waals surface area contributed by atoms with E-state index < -0.39 is 4.92 Å². The van der Waals surface area contributed by atoms with Crippen molar-refractivity contribution in [3.63, 3.8) is 0 Å². The van der Waals surface area contributed by atoms with Gasteiger partial charge in [0.2, 0.25) is 0 Å². The minimum absolute atomic E-state index is 0.0171. The molecule has 0 atom stereocenters.